The monoisotopic (exact) mass is 482 g/mol. The topological polar surface area (TPSA) is 72.5 Å². The molecule has 0 aliphatic carbocycles. The van der Waals surface area contributed by atoms with E-state index in [0.717, 1.165) is 62.8 Å². The molecule has 1 aliphatic rings. The fourth-order valence-corrected chi connectivity index (χ4v) is 5.47. The first-order chi connectivity index (χ1) is 17.5. The van der Waals surface area contributed by atoms with Crippen molar-refractivity contribution in [1.82, 2.24) is 19.0 Å². The van der Waals surface area contributed by atoms with Gasteiger partial charge in [0.25, 0.3) is 0 Å². The van der Waals surface area contributed by atoms with Gasteiger partial charge in [0, 0.05) is 60.1 Å². The molecule has 7 nitrogen and oxygen atoms in total. The Labute approximate surface area is 209 Å². The number of fused-ring (bicyclic) bond motifs is 4. The van der Waals surface area contributed by atoms with Crippen LogP contribution in [0.2, 0.25) is 0 Å². The molecule has 3 aromatic carbocycles. The van der Waals surface area contributed by atoms with E-state index < -0.39 is 5.97 Å². The number of morpholine rings is 1. The molecule has 2 aromatic heterocycles. The standard InChI is InChI=1S/C29H30N4O3/c1-3-32-25-7-4-19(2)16-22(25)23-17-20(5-8-26(23)32)28-30-24-18-21(29(34)35)6-9-27(24)33(28)11-10-31-12-14-36-15-13-31/h4-9,16-18H,3,10-15H2,1-2H3,(H,34,35). The van der Waals surface area contributed by atoms with Gasteiger partial charge in [-0.15, -0.1) is 0 Å². The molecule has 1 saturated heterocycles. The summed E-state index contributed by atoms with van der Waals surface area (Å²) in [5.41, 5.74) is 6.64. The van der Waals surface area contributed by atoms with Crippen LogP contribution in [0.5, 0.6) is 0 Å². The average Bonchev–Trinajstić information content (AvgIpc) is 3.42. The lowest BCUT2D eigenvalue weighted by atomic mass is 10.1. The second-order valence-electron chi connectivity index (χ2n) is 9.55. The number of benzene rings is 3. The second-order valence-corrected chi connectivity index (χ2v) is 9.55. The van der Waals surface area contributed by atoms with Gasteiger partial charge in [-0.25, -0.2) is 9.78 Å². The zero-order valence-electron chi connectivity index (χ0n) is 20.7. The van der Waals surface area contributed by atoms with Crippen molar-refractivity contribution in [3.05, 3.63) is 65.7 Å². The number of hydrogen-bond acceptors (Lipinski definition) is 4. The molecule has 7 heteroatoms. The van der Waals surface area contributed by atoms with E-state index in [4.69, 9.17) is 9.72 Å². The fraction of sp³-hybridized carbons (Fsp3) is 0.310. The molecule has 0 unspecified atom stereocenters. The summed E-state index contributed by atoms with van der Waals surface area (Å²) in [5.74, 6) is -0.0711. The van der Waals surface area contributed by atoms with Gasteiger partial charge in [-0.1, -0.05) is 11.6 Å². The molecule has 0 amide bonds. The number of rotatable bonds is 6. The number of aromatic carboxylic acids is 1. The van der Waals surface area contributed by atoms with E-state index in [1.807, 2.05) is 6.07 Å². The van der Waals surface area contributed by atoms with Crippen molar-refractivity contribution in [2.75, 3.05) is 32.8 Å². The normalized spacial score (nSPS) is 14.8. The number of carboxylic acid groups (broad SMARTS) is 1. The molecule has 0 atom stereocenters. The number of carbonyl (C=O) groups is 1. The summed E-state index contributed by atoms with van der Waals surface area (Å²) >= 11 is 0. The highest BCUT2D eigenvalue weighted by Gasteiger charge is 2.18. The van der Waals surface area contributed by atoms with Gasteiger partial charge in [-0.3, -0.25) is 4.90 Å². The van der Waals surface area contributed by atoms with Crippen molar-refractivity contribution >= 4 is 38.8 Å². The molecule has 6 rings (SSSR count). The van der Waals surface area contributed by atoms with Gasteiger partial charge in [0.05, 0.1) is 29.8 Å². The second kappa shape index (κ2) is 9.08. The Bertz CT molecular complexity index is 1610. The third-order valence-corrected chi connectivity index (χ3v) is 7.33. The van der Waals surface area contributed by atoms with Crippen LogP contribution in [0.3, 0.4) is 0 Å². The van der Waals surface area contributed by atoms with E-state index in [-0.39, 0.29) is 5.56 Å². The predicted octanol–water partition coefficient (Wildman–Crippen LogP) is 5.17. The zero-order chi connectivity index (χ0) is 24.8. The van der Waals surface area contributed by atoms with Gasteiger partial charge in [0.2, 0.25) is 0 Å². The van der Waals surface area contributed by atoms with E-state index in [1.165, 1.54) is 27.4 Å². The Morgan fingerprint density at radius 2 is 1.64 bits per heavy atom. The lowest BCUT2D eigenvalue weighted by Crippen LogP contribution is -2.38. The molecule has 1 fully saturated rings. The minimum Gasteiger partial charge on any atom is -0.478 e. The average molecular weight is 483 g/mol. The zero-order valence-corrected chi connectivity index (χ0v) is 20.7. The minimum atomic E-state index is -0.939. The SMILES string of the molecule is CCn1c2ccc(C)cc2c2cc(-c3nc4cc(C(=O)O)ccc4n3CCN3CCOCC3)ccc21. The highest BCUT2D eigenvalue weighted by atomic mass is 16.5. The molecule has 5 aromatic rings. The number of imidazole rings is 1. The van der Waals surface area contributed by atoms with Crippen LogP contribution in [0.1, 0.15) is 22.8 Å². The van der Waals surface area contributed by atoms with Crippen LogP contribution in [0, 0.1) is 6.92 Å². The maximum Gasteiger partial charge on any atom is 0.335 e. The molecule has 3 heterocycles. The van der Waals surface area contributed by atoms with Gasteiger partial charge in [-0.05, 0) is 62.4 Å². The molecular weight excluding hydrogens is 452 g/mol. The summed E-state index contributed by atoms with van der Waals surface area (Å²) < 4.78 is 10.1. The largest absolute Gasteiger partial charge is 0.478 e. The van der Waals surface area contributed by atoms with Crippen molar-refractivity contribution in [1.29, 1.82) is 0 Å². The fourth-order valence-electron chi connectivity index (χ4n) is 5.47. The lowest BCUT2D eigenvalue weighted by molar-refractivity contribution is 0.0366. The summed E-state index contributed by atoms with van der Waals surface area (Å²) in [5, 5.41) is 12.0. The Morgan fingerprint density at radius 1 is 0.917 bits per heavy atom. The van der Waals surface area contributed by atoms with Crippen molar-refractivity contribution in [3.63, 3.8) is 0 Å². The maximum atomic E-state index is 11.6. The Morgan fingerprint density at radius 3 is 2.39 bits per heavy atom. The van der Waals surface area contributed by atoms with Crippen molar-refractivity contribution in [3.8, 4) is 11.4 Å². The summed E-state index contributed by atoms with van der Waals surface area (Å²) in [4.78, 5) is 19.0. The molecule has 0 radical (unpaired) electrons. The van der Waals surface area contributed by atoms with Crippen LogP contribution in [0.15, 0.2) is 54.6 Å². The molecule has 0 bridgehead atoms. The number of aryl methyl sites for hydroxylation is 2. The first-order valence-corrected chi connectivity index (χ1v) is 12.6. The number of nitrogens with zero attached hydrogens (tertiary/aromatic N) is 4. The number of aromatic nitrogens is 3. The Balaban J connectivity index is 1.51. The van der Waals surface area contributed by atoms with Gasteiger partial charge in [-0.2, -0.15) is 0 Å². The summed E-state index contributed by atoms with van der Waals surface area (Å²) in [6.07, 6.45) is 0. The van der Waals surface area contributed by atoms with Gasteiger partial charge >= 0.3 is 5.97 Å². The molecule has 184 valence electrons. The lowest BCUT2D eigenvalue weighted by Gasteiger charge is -2.27. The van der Waals surface area contributed by atoms with E-state index in [2.05, 4.69) is 64.3 Å². The van der Waals surface area contributed by atoms with Gasteiger partial charge < -0.3 is 19.0 Å². The maximum absolute atomic E-state index is 11.6. The number of hydrogen-bond donors (Lipinski definition) is 1. The third kappa shape index (κ3) is 3.85. The van der Waals surface area contributed by atoms with E-state index in [9.17, 15) is 9.90 Å². The molecule has 0 spiro atoms. The smallest absolute Gasteiger partial charge is 0.335 e. The molecule has 1 N–H and O–H groups in total. The summed E-state index contributed by atoms with van der Waals surface area (Å²) in [6.45, 7) is 10.2. The first kappa shape index (κ1) is 22.8. The van der Waals surface area contributed by atoms with E-state index >= 15 is 0 Å². The van der Waals surface area contributed by atoms with Crippen LogP contribution in [-0.2, 0) is 17.8 Å². The van der Waals surface area contributed by atoms with E-state index in [0.29, 0.717) is 5.52 Å². The van der Waals surface area contributed by atoms with Crippen LogP contribution < -0.4 is 0 Å². The summed E-state index contributed by atoms with van der Waals surface area (Å²) in [6, 6.07) is 18.4. The molecule has 36 heavy (non-hydrogen) atoms. The van der Waals surface area contributed by atoms with Crippen molar-refractivity contribution in [2.45, 2.75) is 26.9 Å². The van der Waals surface area contributed by atoms with Crippen molar-refractivity contribution in [2.24, 2.45) is 0 Å². The molecule has 1 aliphatic heterocycles. The molecule has 0 saturated carbocycles. The summed E-state index contributed by atoms with van der Waals surface area (Å²) in [7, 11) is 0. The quantitative estimate of drug-likeness (QED) is 0.362. The Kier molecular flexibility index (Phi) is 5.74. The molecular formula is C29H30N4O3. The highest BCUT2D eigenvalue weighted by Crippen LogP contribution is 2.34. The predicted molar refractivity (Wildman–Crippen MR) is 143 cm³/mol. The van der Waals surface area contributed by atoms with Crippen LogP contribution >= 0.6 is 0 Å². The van der Waals surface area contributed by atoms with Crippen LogP contribution in [-0.4, -0.2) is 62.9 Å². The van der Waals surface area contributed by atoms with Gasteiger partial charge in [0.15, 0.2) is 0 Å². The van der Waals surface area contributed by atoms with Crippen LogP contribution in [0.4, 0.5) is 0 Å². The minimum absolute atomic E-state index is 0.254. The first-order valence-electron chi connectivity index (χ1n) is 12.6. The van der Waals surface area contributed by atoms with E-state index in [1.54, 1.807) is 12.1 Å². The van der Waals surface area contributed by atoms with Crippen molar-refractivity contribution < 1.29 is 14.6 Å². The highest BCUT2D eigenvalue weighted by molar-refractivity contribution is 6.09. The van der Waals surface area contributed by atoms with Gasteiger partial charge in [0.1, 0.15) is 5.82 Å². The Hall–Kier alpha value is -3.68. The van der Waals surface area contributed by atoms with Crippen LogP contribution in [0.25, 0.3) is 44.2 Å². The third-order valence-electron chi connectivity index (χ3n) is 7.33. The number of ether oxygens (including phenoxy) is 1. The number of carboxylic acids is 1.